The van der Waals surface area contributed by atoms with Gasteiger partial charge in [-0.25, -0.2) is 17.9 Å². The SMILES string of the molecule is CO[C@@H]1[C@@H](n2cc(-c3cc(F)c(F)c(F)c3)nn2)[C@@H](O)[C@@H](CO)O[C@H]1C(=O)N(c1cc(Br)cc(Br)c1)[C@H]1COC[C@@H]1O. The first kappa shape index (κ1) is 31.0. The van der Waals surface area contributed by atoms with Crippen molar-refractivity contribution in [2.75, 3.05) is 31.8 Å². The molecule has 226 valence electrons. The highest BCUT2D eigenvalue weighted by atomic mass is 79.9. The number of halogens is 5. The number of ether oxygens (including phenoxy) is 3. The Morgan fingerprint density at radius 2 is 1.79 bits per heavy atom. The minimum atomic E-state index is -1.64. The van der Waals surface area contributed by atoms with Crippen molar-refractivity contribution < 1.29 is 47.5 Å². The number of aliphatic hydroxyl groups is 3. The fraction of sp³-hybridized carbons (Fsp3) is 0.423. The summed E-state index contributed by atoms with van der Waals surface area (Å²) in [6, 6.07) is 4.58. The zero-order chi connectivity index (χ0) is 30.3. The highest BCUT2D eigenvalue weighted by Gasteiger charge is 2.52. The van der Waals surface area contributed by atoms with Crippen LogP contribution in [0.25, 0.3) is 11.3 Å². The Kier molecular flexibility index (Phi) is 9.34. The fourth-order valence-electron chi connectivity index (χ4n) is 5.19. The molecule has 1 aromatic heterocycles. The number of nitrogens with zero attached hydrogens (tertiary/aromatic N) is 4. The standard InChI is InChI=1S/C26H25Br2F3N4O7/c1-40-24-22(34-7-17(32-33-34)11-2-15(29)21(31)16(30)3-11)23(38)20(8-36)42-25(24)26(39)35(18-9-41-10-19(18)37)14-5-12(27)4-13(28)6-14/h2-7,18-20,22-25,36-38H,8-10H2,1H3/t18-,19-,20+,22-,23-,24+,25+/m0/s1. The molecule has 3 aromatic rings. The van der Waals surface area contributed by atoms with Crippen molar-refractivity contribution in [2.24, 2.45) is 0 Å². The van der Waals surface area contributed by atoms with E-state index in [0.29, 0.717) is 14.6 Å². The van der Waals surface area contributed by atoms with Crippen molar-refractivity contribution in [3.05, 3.63) is 62.9 Å². The van der Waals surface area contributed by atoms with E-state index in [4.69, 9.17) is 14.2 Å². The van der Waals surface area contributed by atoms with Gasteiger partial charge in [0.05, 0.1) is 32.1 Å². The third kappa shape index (κ3) is 5.86. The van der Waals surface area contributed by atoms with Gasteiger partial charge in [-0.1, -0.05) is 37.1 Å². The number of methoxy groups -OCH3 is 1. The number of anilines is 1. The van der Waals surface area contributed by atoms with Gasteiger partial charge in [-0.05, 0) is 30.3 Å². The monoisotopic (exact) mass is 720 g/mol. The smallest absolute Gasteiger partial charge is 0.259 e. The van der Waals surface area contributed by atoms with Crippen molar-refractivity contribution in [1.29, 1.82) is 0 Å². The molecule has 7 atom stereocenters. The van der Waals surface area contributed by atoms with Crippen LogP contribution in [0.3, 0.4) is 0 Å². The van der Waals surface area contributed by atoms with Crippen LogP contribution in [0.1, 0.15) is 6.04 Å². The first-order valence-electron chi connectivity index (χ1n) is 12.6. The molecule has 2 saturated heterocycles. The average Bonchev–Trinajstić information content (AvgIpc) is 3.60. The van der Waals surface area contributed by atoms with Crippen LogP contribution >= 0.6 is 31.9 Å². The Labute approximate surface area is 254 Å². The van der Waals surface area contributed by atoms with Gasteiger partial charge in [0.1, 0.15) is 36.2 Å². The van der Waals surface area contributed by atoms with Gasteiger partial charge in [0.2, 0.25) is 0 Å². The summed E-state index contributed by atoms with van der Waals surface area (Å²) >= 11 is 6.82. The van der Waals surface area contributed by atoms with Crippen molar-refractivity contribution in [3.63, 3.8) is 0 Å². The molecule has 3 heterocycles. The average molecular weight is 722 g/mol. The number of carbonyl (C=O) groups is 1. The summed E-state index contributed by atoms with van der Waals surface area (Å²) in [5.41, 5.74) is 0.207. The van der Waals surface area contributed by atoms with E-state index in [9.17, 15) is 33.3 Å². The van der Waals surface area contributed by atoms with Crippen LogP contribution in [0.2, 0.25) is 0 Å². The van der Waals surface area contributed by atoms with Crippen molar-refractivity contribution in [1.82, 2.24) is 15.0 Å². The number of amides is 1. The number of aromatic nitrogens is 3. The minimum absolute atomic E-state index is 0.00420. The number of aliphatic hydroxyl groups excluding tert-OH is 3. The third-order valence-electron chi connectivity index (χ3n) is 7.19. The zero-order valence-electron chi connectivity index (χ0n) is 21.8. The molecule has 0 bridgehead atoms. The van der Waals surface area contributed by atoms with Crippen LogP contribution in [0.4, 0.5) is 18.9 Å². The Hall–Kier alpha value is -2.44. The molecule has 2 aliphatic rings. The zero-order valence-corrected chi connectivity index (χ0v) is 25.0. The molecule has 0 spiro atoms. The van der Waals surface area contributed by atoms with E-state index in [1.54, 1.807) is 18.2 Å². The molecule has 16 heteroatoms. The lowest BCUT2D eigenvalue weighted by molar-refractivity contribution is -0.211. The molecule has 5 rings (SSSR count). The Morgan fingerprint density at radius 3 is 2.36 bits per heavy atom. The molecular formula is C26H25Br2F3N4O7. The largest absolute Gasteiger partial charge is 0.394 e. The van der Waals surface area contributed by atoms with Crippen molar-refractivity contribution in [3.8, 4) is 11.3 Å². The molecule has 2 fully saturated rings. The molecule has 2 aromatic carbocycles. The summed E-state index contributed by atoms with van der Waals surface area (Å²) in [6.45, 7) is -0.671. The molecular weight excluding hydrogens is 697 g/mol. The van der Waals surface area contributed by atoms with Crippen LogP contribution in [0.15, 0.2) is 45.5 Å². The van der Waals surface area contributed by atoms with E-state index >= 15 is 0 Å². The number of benzene rings is 2. The number of hydrogen-bond donors (Lipinski definition) is 3. The summed E-state index contributed by atoms with van der Waals surface area (Å²) in [4.78, 5) is 15.6. The Balaban J connectivity index is 1.54. The minimum Gasteiger partial charge on any atom is -0.394 e. The van der Waals surface area contributed by atoms with Gasteiger partial charge in [0, 0.05) is 27.3 Å². The van der Waals surface area contributed by atoms with Gasteiger partial charge >= 0.3 is 0 Å². The maximum absolute atomic E-state index is 14.3. The molecule has 0 unspecified atom stereocenters. The molecule has 0 radical (unpaired) electrons. The molecule has 0 saturated carbocycles. The normalized spacial score (nSPS) is 27.8. The summed E-state index contributed by atoms with van der Waals surface area (Å²) in [5, 5.41) is 39.8. The Bertz CT molecular complexity index is 1420. The van der Waals surface area contributed by atoms with E-state index < -0.39 is 72.6 Å². The molecule has 2 aliphatic heterocycles. The first-order valence-corrected chi connectivity index (χ1v) is 14.2. The summed E-state index contributed by atoms with van der Waals surface area (Å²) < 4.78 is 60.6. The van der Waals surface area contributed by atoms with Crippen LogP contribution in [0, 0.1) is 17.5 Å². The predicted octanol–water partition coefficient (Wildman–Crippen LogP) is 2.36. The summed E-state index contributed by atoms with van der Waals surface area (Å²) in [6.07, 6.45) is -5.23. The number of rotatable bonds is 7. The van der Waals surface area contributed by atoms with Gasteiger partial charge in [0.25, 0.3) is 5.91 Å². The number of hydrogen-bond acceptors (Lipinski definition) is 9. The van der Waals surface area contributed by atoms with Crippen molar-refractivity contribution in [2.45, 2.75) is 42.6 Å². The van der Waals surface area contributed by atoms with E-state index in [1.165, 1.54) is 18.2 Å². The third-order valence-corrected chi connectivity index (χ3v) is 8.11. The van der Waals surface area contributed by atoms with E-state index in [-0.39, 0.29) is 24.5 Å². The van der Waals surface area contributed by atoms with Crippen LogP contribution in [-0.2, 0) is 19.0 Å². The van der Waals surface area contributed by atoms with Crippen LogP contribution in [-0.4, -0.2) is 99.7 Å². The molecule has 11 nitrogen and oxygen atoms in total. The lowest BCUT2D eigenvalue weighted by atomic mass is 9.91. The number of carbonyl (C=O) groups excluding carboxylic acids is 1. The highest BCUT2D eigenvalue weighted by molar-refractivity contribution is 9.11. The summed E-state index contributed by atoms with van der Waals surface area (Å²) in [5.74, 6) is -5.16. The second-order valence-electron chi connectivity index (χ2n) is 9.80. The van der Waals surface area contributed by atoms with E-state index in [0.717, 1.165) is 16.8 Å². The lowest BCUT2D eigenvalue weighted by Gasteiger charge is -2.45. The lowest BCUT2D eigenvalue weighted by Crippen LogP contribution is -2.63. The van der Waals surface area contributed by atoms with Crippen molar-refractivity contribution >= 4 is 43.5 Å². The topological polar surface area (TPSA) is 139 Å². The molecule has 42 heavy (non-hydrogen) atoms. The van der Waals surface area contributed by atoms with Gasteiger partial charge in [-0.15, -0.1) is 5.10 Å². The molecule has 0 aliphatic carbocycles. The maximum Gasteiger partial charge on any atom is 0.259 e. The second-order valence-corrected chi connectivity index (χ2v) is 11.6. The molecule has 1 amide bonds. The summed E-state index contributed by atoms with van der Waals surface area (Å²) in [7, 11) is 1.28. The van der Waals surface area contributed by atoms with Crippen LogP contribution in [0.5, 0.6) is 0 Å². The van der Waals surface area contributed by atoms with Gasteiger partial charge in [-0.2, -0.15) is 0 Å². The quantitative estimate of drug-likeness (QED) is 0.314. The maximum atomic E-state index is 14.3. The second kappa shape index (κ2) is 12.7. The highest BCUT2D eigenvalue weighted by Crippen LogP contribution is 2.36. The van der Waals surface area contributed by atoms with Gasteiger partial charge in [-0.3, -0.25) is 4.79 Å². The van der Waals surface area contributed by atoms with E-state index in [2.05, 4.69) is 42.2 Å². The van der Waals surface area contributed by atoms with Gasteiger partial charge < -0.3 is 34.4 Å². The van der Waals surface area contributed by atoms with Crippen LogP contribution < -0.4 is 4.90 Å². The Morgan fingerprint density at radius 1 is 1.12 bits per heavy atom. The fourth-order valence-corrected chi connectivity index (χ4v) is 6.46. The van der Waals surface area contributed by atoms with E-state index in [1.807, 2.05) is 0 Å². The van der Waals surface area contributed by atoms with Gasteiger partial charge in [0.15, 0.2) is 23.6 Å². The first-order chi connectivity index (χ1) is 20.0. The molecule has 3 N–H and O–H groups in total. The predicted molar refractivity (Wildman–Crippen MR) is 147 cm³/mol.